The van der Waals surface area contributed by atoms with Gasteiger partial charge in [0.1, 0.15) is 0 Å². The Morgan fingerprint density at radius 3 is 0.867 bits per heavy atom. The Kier molecular flexibility index (Phi) is 1930. The molecule has 0 radical (unpaired) electrons. The maximum atomic E-state index is 7.13. The first-order chi connectivity index (χ1) is 4.24. The zero-order chi connectivity index (χ0) is 8.12. The summed E-state index contributed by atoms with van der Waals surface area (Å²) in [6.07, 6.45) is 0. The Bertz CT molecular complexity index is 134. The maximum absolute atomic E-state index is 7.13. The molecule has 0 saturated heterocycles. The summed E-state index contributed by atoms with van der Waals surface area (Å²) in [5.74, 6) is 0. The fourth-order valence-electron chi connectivity index (χ4n) is 0. The van der Waals surface area contributed by atoms with E-state index in [1.54, 1.807) is 0 Å². The van der Waals surface area contributed by atoms with Gasteiger partial charge in [-0.2, -0.15) is 5.16 Å². The summed E-state index contributed by atoms with van der Waals surface area (Å²) in [4.78, 5) is 0. The molecule has 0 aliphatic heterocycles. The topological polar surface area (TPSA) is 237 Å². The van der Waals surface area contributed by atoms with Gasteiger partial charge in [-0.05, 0) is 0 Å². The van der Waals surface area contributed by atoms with Crippen molar-refractivity contribution in [2.75, 3.05) is 0 Å². The van der Waals surface area contributed by atoms with Crippen LogP contribution in [0.1, 0.15) is 0 Å². The molecule has 0 bridgehead atoms. The minimum atomic E-state index is 0. The molecule has 0 saturated carbocycles. The van der Waals surface area contributed by atoms with Gasteiger partial charge in [0.15, 0.2) is 0 Å². The zero-order valence-corrected chi connectivity index (χ0v) is 10.8. The molecule has 0 unspecified atom stereocenters. The van der Waals surface area contributed by atoms with Gasteiger partial charge >= 0.3 is 16.8 Å². The second-order valence-corrected chi connectivity index (χ2v) is 0.822. The van der Waals surface area contributed by atoms with Gasteiger partial charge in [0.2, 0.25) is 0 Å². The van der Waals surface area contributed by atoms with Crippen LogP contribution in [0.3, 0.4) is 0 Å². The van der Waals surface area contributed by atoms with Crippen LogP contribution in [0.15, 0.2) is 0 Å². The summed E-state index contributed by atoms with van der Waals surface area (Å²) in [6.45, 7) is 0. The van der Waals surface area contributed by atoms with Crippen LogP contribution in [-0.4, -0.2) is 5.16 Å². The van der Waals surface area contributed by atoms with Crippen molar-refractivity contribution in [3.05, 3.63) is 36.2 Å². The minimum Gasteiger partial charge on any atom is -0.753 e. The molecule has 0 fully saturated rings. The molecule has 0 aromatic rings. The Balaban J connectivity index is -0.00000000429. The van der Waals surface area contributed by atoms with Gasteiger partial charge < -0.3 is 61.4 Å². The van der Waals surface area contributed by atoms with Gasteiger partial charge in [0.25, 0.3) is 0 Å². The molecule has 12 heteroatoms. The standard InChI is InChI=1S/2CHNS.CNS.Co.5H2N/c3*2-1-3;;;;;;/h2*3H;;;5*1H2/q;;-1;+3;5*-1/p-2. The summed E-state index contributed by atoms with van der Waals surface area (Å²) in [7, 11) is 0. The molecule has 0 atom stereocenters. The summed E-state index contributed by atoms with van der Waals surface area (Å²) < 4.78 is 0. The number of nitrogens with zero attached hydrogens (tertiary/aromatic N) is 3. The Labute approximate surface area is 117 Å². The average Bonchev–Trinajstić information content (AvgIpc) is 1.70. The molecule has 94 valence electrons. The van der Waals surface area contributed by atoms with E-state index in [2.05, 4.69) is 37.5 Å². The molecule has 0 spiro atoms. The Morgan fingerprint density at radius 1 is 0.867 bits per heavy atom. The summed E-state index contributed by atoms with van der Waals surface area (Å²) in [5.41, 5.74) is 0. The van der Waals surface area contributed by atoms with Crippen LogP contribution in [0.25, 0.3) is 36.2 Å². The molecule has 10 N–H and O–H groups in total. The SMILES string of the molecule is N#C[S-].N#C[S-].[Co+3].[N-]=C=S.[NH2-].[NH2-].[NH2-].[NH2-].[NH2-]. The van der Waals surface area contributed by atoms with Crippen LogP contribution in [-0.2, 0) is 42.0 Å². The van der Waals surface area contributed by atoms with Crippen LogP contribution in [0.5, 0.6) is 0 Å². The van der Waals surface area contributed by atoms with Gasteiger partial charge in [0.05, 0.1) is 0 Å². The number of hydrogen-bond acceptors (Lipinski definition) is 5. The molecular weight excluding hydrogens is 303 g/mol. The van der Waals surface area contributed by atoms with Gasteiger partial charge in [-0.3, -0.25) is 0 Å². The summed E-state index contributed by atoms with van der Waals surface area (Å²) >= 11 is 11.1. The number of thiocyanates is 2. The van der Waals surface area contributed by atoms with E-state index in [1.807, 2.05) is 0 Å². The fourth-order valence-corrected chi connectivity index (χ4v) is 0. The summed E-state index contributed by atoms with van der Waals surface area (Å²) in [5, 5.41) is 25.4. The quantitative estimate of drug-likeness (QED) is 0.274. The van der Waals surface area contributed by atoms with E-state index in [0.717, 1.165) is 0 Å². The minimum absolute atomic E-state index is 0. The maximum Gasteiger partial charge on any atom is 3.00 e. The van der Waals surface area contributed by atoms with E-state index in [-0.39, 0.29) is 47.5 Å². The Hall–Kier alpha value is -0.474. The van der Waals surface area contributed by atoms with Crippen molar-refractivity contribution in [1.29, 1.82) is 10.5 Å². The van der Waals surface area contributed by atoms with E-state index in [0.29, 0.717) is 0 Å². The zero-order valence-electron chi connectivity index (χ0n) is 7.29. The number of nitrogens with two attached hydrogens (primary N) is 5. The first-order valence-electron chi connectivity index (χ1n) is 1.28. The molecular formula is C3H10CoN8S3-5. The van der Waals surface area contributed by atoms with Crippen molar-refractivity contribution in [1.82, 2.24) is 0 Å². The molecule has 0 aromatic carbocycles. The van der Waals surface area contributed by atoms with Crippen molar-refractivity contribution in [3.8, 4) is 10.8 Å². The number of nitriles is 2. The van der Waals surface area contributed by atoms with E-state index < -0.39 is 0 Å². The average molecular weight is 313 g/mol. The van der Waals surface area contributed by atoms with Gasteiger partial charge in [-0.1, -0.05) is 23.0 Å². The van der Waals surface area contributed by atoms with Crippen molar-refractivity contribution < 1.29 is 16.8 Å². The van der Waals surface area contributed by atoms with Crippen LogP contribution in [0.4, 0.5) is 0 Å². The van der Waals surface area contributed by atoms with Crippen molar-refractivity contribution in [3.63, 3.8) is 0 Å². The van der Waals surface area contributed by atoms with Crippen molar-refractivity contribution >= 4 is 42.6 Å². The predicted octanol–water partition coefficient (Wildman–Crippen LogP) is 4.27. The molecule has 8 nitrogen and oxygen atoms in total. The van der Waals surface area contributed by atoms with E-state index in [1.165, 1.54) is 16.0 Å². The molecule has 0 aliphatic rings. The van der Waals surface area contributed by atoms with Gasteiger partial charge in [-0.25, -0.2) is 10.5 Å². The van der Waals surface area contributed by atoms with Gasteiger partial charge in [0, 0.05) is 0 Å². The number of isothiocyanates is 1. The van der Waals surface area contributed by atoms with Crippen LogP contribution in [0, 0.1) is 21.3 Å². The Morgan fingerprint density at radius 2 is 0.867 bits per heavy atom. The third-order valence-electron chi connectivity index (χ3n) is 0. The smallest absolute Gasteiger partial charge is 0.753 e. The molecule has 0 rings (SSSR count). The first-order valence-corrected chi connectivity index (χ1v) is 2.51. The normalized spacial score (nSPS) is 1.47. The molecule has 0 heterocycles. The largest absolute Gasteiger partial charge is 3.00 e. The van der Waals surface area contributed by atoms with E-state index in [9.17, 15) is 0 Å². The number of hydrogen-bond donors (Lipinski definition) is 0. The third-order valence-corrected chi connectivity index (χ3v) is 0. The van der Waals surface area contributed by atoms with Gasteiger partial charge in [-0.15, -0.1) is 0 Å². The van der Waals surface area contributed by atoms with E-state index in [4.69, 9.17) is 15.9 Å². The molecule has 0 amide bonds. The second-order valence-electron chi connectivity index (χ2n) is 0.274. The van der Waals surface area contributed by atoms with Crippen LogP contribution in [0.2, 0.25) is 0 Å². The molecule has 0 aliphatic carbocycles. The third kappa shape index (κ3) is 8020. The molecule has 15 heavy (non-hydrogen) atoms. The van der Waals surface area contributed by atoms with Crippen molar-refractivity contribution in [2.45, 2.75) is 0 Å². The predicted molar refractivity (Wildman–Crippen MR) is 68.3 cm³/mol. The van der Waals surface area contributed by atoms with Crippen LogP contribution < -0.4 is 0 Å². The first kappa shape index (κ1) is 87.0. The number of rotatable bonds is 0. The second kappa shape index (κ2) is 333. The van der Waals surface area contributed by atoms with Crippen LogP contribution >= 0.6 is 12.2 Å². The summed E-state index contributed by atoms with van der Waals surface area (Å²) in [6, 6.07) is 0. The number of thiocarbonyl (C=S) groups is 1. The fraction of sp³-hybridized carbons (Fsp3) is 0. The van der Waals surface area contributed by atoms with Crippen molar-refractivity contribution in [2.24, 2.45) is 0 Å². The molecule has 0 aromatic heterocycles. The van der Waals surface area contributed by atoms with E-state index >= 15 is 0 Å². The monoisotopic (exact) mass is 313 g/mol.